The molecule has 0 atom stereocenters. The van der Waals surface area contributed by atoms with Crippen molar-refractivity contribution in [2.45, 2.75) is 25.0 Å². The van der Waals surface area contributed by atoms with Crippen molar-refractivity contribution in [3.63, 3.8) is 0 Å². The molecular weight excluding hydrogens is 453 g/mol. The second-order valence-corrected chi connectivity index (χ2v) is 8.25. The highest BCUT2D eigenvalue weighted by molar-refractivity contribution is 8.00. The summed E-state index contributed by atoms with van der Waals surface area (Å²) in [5.74, 6) is 1.11. The van der Waals surface area contributed by atoms with E-state index < -0.39 is 11.7 Å². The molecule has 1 aromatic carbocycles. The van der Waals surface area contributed by atoms with Gasteiger partial charge >= 0.3 is 6.18 Å². The predicted octanol–water partition coefficient (Wildman–Crippen LogP) is 5.87. The maximum atomic E-state index is 12.8. The Morgan fingerprint density at radius 3 is 2.65 bits per heavy atom. The summed E-state index contributed by atoms with van der Waals surface area (Å²) in [6.45, 7) is 3.89. The normalized spacial score (nSPS) is 13.0. The molecule has 0 spiro atoms. The second-order valence-electron chi connectivity index (χ2n) is 6.88. The van der Waals surface area contributed by atoms with E-state index in [0.717, 1.165) is 34.9 Å². The molecule has 5 nitrogen and oxygen atoms in total. The van der Waals surface area contributed by atoms with Crippen LogP contribution < -0.4 is 9.47 Å². The number of fused-ring (bicyclic) bond motifs is 1. The van der Waals surface area contributed by atoms with Crippen LogP contribution in [0.4, 0.5) is 13.2 Å². The number of aryl methyl sites for hydroxylation is 1. The summed E-state index contributed by atoms with van der Waals surface area (Å²) in [4.78, 5) is 16.6. The SMILES string of the molecule is Cc1cc(C(=O)CSc2ncc(C(F)(F)F)cc2Cl)c(C)n1-c1ccc2c(c1)OCO2. The molecule has 1 aliphatic rings. The Morgan fingerprint density at radius 1 is 1.19 bits per heavy atom. The molecule has 0 radical (unpaired) electrons. The number of benzene rings is 1. The standard InChI is InChI=1S/C21H16ClF3N2O3S/c1-11-5-15(12(2)27(11)14-3-4-18-19(7-14)30-10-29-18)17(28)9-31-20-16(22)6-13(8-26-20)21(23,24)25/h3-8H,9-10H2,1-2H3. The number of halogens is 4. The van der Waals surface area contributed by atoms with Crippen molar-refractivity contribution in [3.8, 4) is 17.2 Å². The number of Topliss-reactive ketones (excluding diaryl/α,β-unsaturated/α-hetero) is 1. The molecule has 0 bridgehead atoms. The fraction of sp³-hybridized carbons (Fsp3) is 0.238. The van der Waals surface area contributed by atoms with Gasteiger partial charge in [-0.15, -0.1) is 0 Å². The first-order valence-electron chi connectivity index (χ1n) is 9.13. The first-order chi connectivity index (χ1) is 14.6. The van der Waals surface area contributed by atoms with Crippen LogP contribution >= 0.6 is 23.4 Å². The number of hydrogen-bond donors (Lipinski definition) is 0. The average molecular weight is 469 g/mol. The Morgan fingerprint density at radius 2 is 1.94 bits per heavy atom. The summed E-state index contributed by atoms with van der Waals surface area (Å²) < 4.78 is 51.0. The van der Waals surface area contributed by atoms with Gasteiger partial charge in [-0.2, -0.15) is 13.2 Å². The van der Waals surface area contributed by atoms with E-state index in [2.05, 4.69) is 4.98 Å². The van der Waals surface area contributed by atoms with E-state index >= 15 is 0 Å². The highest BCUT2D eigenvalue weighted by Gasteiger charge is 2.31. The molecule has 0 amide bonds. The molecule has 0 fully saturated rings. The minimum absolute atomic E-state index is 0.0104. The third-order valence-corrected chi connectivity index (χ3v) is 6.23. The smallest absolute Gasteiger partial charge is 0.417 e. The van der Waals surface area contributed by atoms with E-state index in [1.54, 1.807) is 6.07 Å². The number of pyridine rings is 1. The molecule has 3 heterocycles. The summed E-state index contributed by atoms with van der Waals surface area (Å²) in [6.07, 6.45) is -3.81. The molecule has 0 aliphatic carbocycles. The zero-order valence-electron chi connectivity index (χ0n) is 16.4. The lowest BCUT2D eigenvalue weighted by Gasteiger charge is -2.11. The predicted molar refractivity (Wildman–Crippen MR) is 111 cm³/mol. The van der Waals surface area contributed by atoms with Gasteiger partial charge in [0.1, 0.15) is 5.03 Å². The van der Waals surface area contributed by atoms with Crippen LogP contribution in [0.15, 0.2) is 41.6 Å². The van der Waals surface area contributed by atoms with E-state index in [9.17, 15) is 18.0 Å². The fourth-order valence-corrected chi connectivity index (χ4v) is 4.44. The number of rotatable bonds is 5. The zero-order chi connectivity index (χ0) is 22.3. The first kappa shape index (κ1) is 21.6. The summed E-state index contributed by atoms with van der Waals surface area (Å²) in [6, 6.07) is 8.13. The summed E-state index contributed by atoms with van der Waals surface area (Å²) in [5.41, 5.74) is 2.02. The Bertz CT molecular complexity index is 1180. The highest BCUT2D eigenvalue weighted by Crippen LogP contribution is 2.36. The number of alkyl halides is 3. The molecule has 0 N–H and O–H groups in total. The molecular formula is C21H16ClF3N2O3S. The lowest BCUT2D eigenvalue weighted by molar-refractivity contribution is -0.137. The molecule has 3 aromatic rings. The Kier molecular flexibility index (Phi) is 5.65. The highest BCUT2D eigenvalue weighted by atomic mass is 35.5. The van der Waals surface area contributed by atoms with Crippen molar-refractivity contribution in [2.75, 3.05) is 12.5 Å². The van der Waals surface area contributed by atoms with E-state index in [-0.39, 0.29) is 28.4 Å². The average Bonchev–Trinajstić information content (AvgIpc) is 3.29. The summed E-state index contributed by atoms with van der Waals surface area (Å²) in [5, 5.41) is 0.0334. The largest absolute Gasteiger partial charge is 0.454 e. The van der Waals surface area contributed by atoms with E-state index in [1.165, 1.54) is 0 Å². The van der Waals surface area contributed by atoms with Gasteiger partial charge in [0, 0.05) is 34.9 Å². The molecule has 4 rings (SSSR count). The van der Waals surface area contributed by atoms with Gasteiger partial charge in [-0.05, 0) is 38.1 Å². The molecule has 2 aromatic heterocycles. The monoisotopic (exact) mass is 468 g/mol. The molecule has 1 aliphatic heterocycles. The van der Waals surface area contributed by atoms with Crippen molar-refractivity contribution in [2.24, 2.45) is 0 Å². The van der Waals surface area contributed by atoms with Crippen LogP contribution in [0.5, 0.6) is 11.5 Å². The van der Waals surface area contributed by atoms with Gasteiger partial charge in [-0.3, -0.25) is 4.79 Å². The molecule has 0 saturated heterocycles. The molecule has 10 heteroatoms. The number of ketones is 1. The molecule has 0 unspecified atom stereocenters. The van der Waals surface area contributed by atoms with E-state index in [0.29, 0.717) is 23.3 Å². The number of nitrogens with zero attached hydrogens (tertiary/aromatic N) is 2. The lowest BCUT2D eigenvalue weighted by atomic mass is 10.2. The molecule has 0 saturated carbocycles. The van der Waals surface area contributed by atoms with E-state index in [4.69, 9.17) is 21.1 Å². The van der Waals surface area contributed by atoms with Crippen LogP contribution in [0.3, 0.4) is 0 Å². The Balaban J connectivity index is 1.53. The number of ether oxygens (including phenoxy) is 2. The summed E-state index contributed by atoms with van der Waals surface area (Å²) >= 11 is 6.93. The van der Waals surface area contributed by atoms with Gasteiger partial charge in [0.2, 0.25) is 6.79 Å². The van der Waals surface area contributed by atoms with Crippen molar-refractivity contribution >= 4 is 29.1 Å². The Labute approximate surface area is 185 Å². The number of thioether (sulfide) groups is 1. The van der Waals surface area contributed by atoms with Gasteiger partial charge < -0.3 is 14.0 Å². The van der Waals surface area contributed by atoms with Crippen LogP contribution in [0.2, 0.25) is 5.02 Å². The topological polar surface area (TPSA) is 53.4 Å². The van der Waals surface area contributed by atoms with Crippen molar-refractivity contribution in [3.05, 3.63) is 64.1 Å². The minimum Gasteiger partial charge on any atom is -0.454 e. The number of carbonyl (C=O) groups excluding carboxylic acids is 1. The van der Waals surface area contributed by atoms with Crippen molar-refractivity contribution in [1.29, 1.82) is 0 Å². The van der Waals surface area contributed by atoms with Gasteiger partial charge in [-0.25, -0.2) is 4.98 Å². The maximum Gasteiger partial charge on any atom is 0.417 e. The van der Waals surface area contributed by atoms with Crippen molar-refractivity contribution in [1.82, 2.24) is 9.55 Å². The molecule has 162 valence electrons. The number of carbonyl (C=O) groups is 1. The van der Waals surface area contributed by atoms with Gasteiger partial charge in [0.05, 0.1) is 16.3 Å². The van der Waals surface area contributed by atoms with Crippen molar-refractivity contribution < 1.29 is 27.4 Å². The number of aromatic nitrogens is 2. The lowest BCUT2D eigenvalue weighted by Crippen LogP contribution is -2.07. The minimum atomic E-state index is -4.53. The van der Waals surface area contributed by atoms with Crippen LogP contribution in [-0.4, -0.2) is 27.9 Å². The third kappa shape index (κ3) is 4.24. The van der Waals surface area contributed by atoms with Crippen LogP contribution in [0.1, 0.15) is 27.3 Å². The zero-order valence-corrected chi connectivity index (χ0v) is 18.0. The Hall–Kier alpha value is -2.65. The van der Waals surface area contributed by atoms with Gasteiger partial charge in [0.25, 0.3) is 0 Å². The fourth-order valence-electron chi connectivity index (χ4n) is 3.36. The van der Waals surface area contributed by atoms with Gasteiger partial charge in [-0.1, -0.05) is 23.4 Å². The van der Waals surface area contributed by atoms with Crippen LogP contribution in [0.25, 0.3) is 5.69 Å². The van der Waals surface area contributed by atoms with Crippen LogP contribution in [-0.2, 0) is 6.18 Å². The maximum absolute atomic E-state index is 12.8. The van der Waals surface area contributed by atoms with E-state index in [1.807, 2.05) is 36.6 Å². The van der Waals surface area contributed by atoms with Crippen LogP contribution in [0, 0.1) is 13.8 Å². The van der Waals surface area contributed by atoms with Gasteiger partial charge in [0.15, 0.2) is 17.3 Å². The second kappa shape index (κ2) is 8.12. The number of hydrogen-bond acceptors (Lipinski definition) is 5. The quantitative estimate of drug-likeness (QED) is 0.346. The third-order valence-electron chi connectivity index (χ3n) is 4.82. The molecule has 31 heavy (non-hydrogen) atoms. The summed E-state index contributed by atoms with van der Waals surface area (Å²) in [7, 11) is 0. The first-order valence-corrected chi connectivity index (χ1v) is 10.5.